The Hall–Kier alpha value is -1.10. The number of nitrogen functional groups attached to an aromatic ring is 1. The average Bonchev–Trinajstić information content (AvgIpc) is 2.34. The Morgan fingerprint density at radius 2 is 2.06 bits per heavy atom. The highest BCUT2D eigenvalue weighted by atomic mass is 79.9. The van der Waals surface area contributed by atoms with Gasteiger partial charge in [0.05, 0.1) is 10.0 Å². The van der Waals surface area contributed by atoms with Gasteiger partial charge in [-0.05, 0) is 46.8 Å². The van der Waals surface area contributed by atoms with Crippen LogP contribution in [0, 0.1) is 11.7 Å². The van der Waals surface area contributed by atoms with Gasteiger partial charge in [-0.15, -0.1) is 0 Å². The van der Waals surface area contributed by atoms with Gasteiger partial charge < -0.3 is 10.6 Å². The molecule has 2 rings (SSSR count). The number of nitrogens with two attached hydrogens (primary N) is 1. The van der Waals surface area contributed by atoms with Crippen LogP contribution in [0.2, 0.25) is 0 Å². The van der Waals surface area contributed by atoms with E-state index in [9.17, 15) is 9.18 Å². The predicted octanol–water partition coefficient (Wildman–Crippen LogP) is 3.04. The lowest BCUT2D eigenvalue weighted by Gasteiger charge is -2.30. The van der Waals surface area contributed by atoms with Crippen molar-refractivity contribution in [3.05, 3.63) is 28.0 Å². The third-order valence-corrected chi connectivity index (χ3v) is 4.00. The zero-order valence-electron chi connectivity index (χ0n) is 10.2. The molecule has 98 valence electrons. The van der Waals surface area contributed by atoms with E-state index in [1.54, 1.807) is 4.90 Å². The van der Waals surface area contributed by atoms with Crippen LogP contribution in [0.15, 0.2) is 16.6 Å². The van der Waals surface area contributed by atoms with E-state index in [1.807, 2.05) is 0 Å². The summed E-state index contributed by atoms with van der Waals surface area (Å²) in [5.74, 6) is 0.0109. The van der Waals surface area contributed by atoms with Gasteiger partial charge in [0.1, 0.15) is 5.82 Å². The van der Waals surface area contributed by atoms with Gasteiger partial charge in [-0.2, -0.15) is 0 Å². The standard InChI is InChI=1S/C13H16BrFN2O/c1-8-2-4-17(5-3-8)13(18)9-6-11(15)10(14)7-12(9)16/h6-8H,2-5,16H2,1H3. The van der Waals surface area contributed by atoms with Crippen LogP contribution < -0.4 is 5.73 Å². The summed E-state index contributed by atoms with van der Waals surface area (Å²) < 4.78 is 13.8. The maximum atomic E-state index is 13.5. The van der Waals surface area contributed by atoms with Gasteiger partial charge in [0.15, 0.2) is 0 Å². The minimum Gasteiger partial charge on any atom is -0.398 e. The minimum atomic E-state index is -0.460. The van der Waals surface area contributed by atoms with Crippen LogP contribution in [-0.2, 0) is 0 Å². The van der Waals surface area contributed by atoms with Crippen LogP contribution in [0.3, 0.4) is 0 Å². The first-order valence-electron chi connectivity index (χ1n) is 6.03. The van der Waals surface area contributed by atoms with Crippen molar-refractivity contribution in [2.24, 2.45) is 5.92 Å². The number of anilines is 1. The van der Waals surface area contributed by atoms with E-state index in [2.05, 4.69) is 22.9 Å². The highest BCUT2D eigenvalue weighted by Crippen LogP contribution is 2.25. The molecular weight excluding hydrogens is 299 g/mol. The molecule has 1 saturated heterocycles. The van der Waals surface area contributed by atoms with Gasteiger partial charge >= 0.3 is 0 Å². The fourth-order valence-electron chi connectivity index (χ4n) is 2.13. The largest absolute Gasteiger partial charge is 0.398 e. The third-order valence-electron chi connectivity index (χ3n) is 3.39. The van der Waals surface area contributed by atoms with Crippen LogP contribution >= 0.6 is 15.9 Å². The van der Waals surface area contributed by atoms with Crippen molar-refractivity contribution in [1.82, 2.24) is 4.90 Å². The Balaban J connectivity index is 2.21. The fraction of sp³-hybridized carbons (Fsp3) is 0.462. The Labute approximate surface area is 114 Å². The van der Waals surface area contributed by atoms with Crippen molar-refractivity contribution in [2.45, 2.75) is 19.8 Å². The first-order valence-corrected chi connectivity index (χ1v) is 6.82. The molecule has 1 amide bonds. The normalized spacial score (nSPS) is 16.9. The highest BCUT2D eigenvalue weighted by Gasteiger charge is 2.23. The van der Waals surface area contributed by atoms with Crippen LogP contribution in [0.25, 0.3) is 0 Å². The number of halogens is 2. The Morgan fingerprint density at radius 3 is 2.67 bits per heavy atom. The Morgan fingerprint density at radius 1 is 1.44 bits per heavy atom. The molecule has 0 bridgehead atoms. The molecule has 0 spiro atoms. The molecule has 1 fully saturated rings. The molecule has 1 aromatic carbocycles. The Kier molecular flexibility index (Phi) is 3.90. The number of likely N-dealkylation sites (tertiary alicyclic amines) is 1. The molecule has 1 heterocycles. The zero-order valence-corrected chi connectivity index (χ0v) is 11.8. The van der Waals surface area contributed by atoms with E-state index >= 15 is 0 Å². The number of piperidine rings is 1. The van der Waals surface area contributed by atoms with E-state index in [1.165, 1.54) is 12.1 Å². The van der Waals surface area contributed by atoms with E-state index in [0.717, 1.165) is 25.9 Å². The average molecular weight is 315 g/mol. The van der Waals surface area contributed by atoms with E-state index in [4.69, 9.17) is 5.73 Å². The molecule has 5 heteroatoms. The quantitative estimate of drug-likeness (QED) is 0.810. The van der Waals surface area contributed by atoms with Crippen molar-refractivity contribution >= 4 is 27.5 Å². The number of hydrogen-bond acceptors (Lipinski definition) is 2. The summed E-state index contributed by atoms with van der Waals surface area (Å²) in [5, 5.41) is 0. The molecule has 1 aliphatic rings. The number of amides is 1. The first kappa shape index (κ1) is 13.3. The van der Waals surface area contributed by atoms with Crippen molar-refractivity contribution in [3.8, 4) is 0 Å². The third kappa shape index (κ3) is 2.66. The SMILES string of the molecule is CC1CCN(C(=O)c2cc(F)c(Br)cc2N)CC1. The molecular formula is C13H16BrFN2O. The second-order valence-corrected chi connectivity index (χ2v) is 5.68. The maximum absolute atomic E-state index is 13.5. The van der Waals surface area contributed by atoms with Crippen molar-refractivity contribution in [3.63, 3.8) is 0 Å². The summed E-state index contributed by atoms with van der Waals surface area (Å²) in [5.41, 5.74) is 6.35. The maximum Gasteiger partial charge on any atom is 0.256 e. The molecule has 3 nitrogen and oxygen atoms in total. The summed E-state index contributed by atoms with van der Waals surface area (Å²) in [7, 11) is 0. The molecule has 0 aliphatic carbocycles. The van der Waals surface area contributed by atoms with Crippen molar-refractivity contribution < 1.29 is 9.18 Å². The molecule has 1 aromatic rings. The lowest BCUT2D eigenvalue weighted by molar-refractivity contribution is 0.0698. The predicted molar refractivity (Wildman–Crippen MR) is 72.8 cm³/mol. The number of rotatable bonds is 1. The van der Waals surface area contributed by atoms with Gasteiger partial charge in [-0.25, -0.2) is 4.39 Å². The minimum absolute atomic E-state index is 0.175. The van der Waals surface area contributed by atoms with Crippen molar-refractivity contribution in [1.29, 1.82) is 0 Å². The van der Waals surface area contributed by atoms with Crippen LogP contribution in [-0.4, -0.2) is 23.9 Å². The first-order chi connectivity index (χ1) is 8.49. The van der Waals surface area contributed by atoms with Gasteiger partial charge in [-0.3, -0.25) is 4.79 Å². The molecule has 18 heavy (non-hydrogen) atoms. The topological polar surface area (TPSA) is 46.3 Å². The van der Waals surface area contributed by atoms with Crippen molar-refractivity contribution in [2.75, 3.05) is 18.8 Å². The molecule has 1 aliphatic heterocycles. The van der Waals surface area contributed by atoms with E-state index < -0.39 is 5.82 Å². The zero-order chi connectivity index (χ0) is 13.3. The van der Waals surface area contributed by atoms with Crippen LogP contribution in [0.4, 0.5) is 10.1 Å². The lowest BCUT2D eigenvalue weighted by Crippen LogP contribution is -2.38. The molecule has 0 unspecified atom stereocenters. The second-order valence-electron chi connectivity index (χ2n) is 4.83. The smallest absolute Gasteiger partial charge is 0.256 e. The summed E-state index contributed by atoms with van der Waals surface area (Å²) in [6, 6.07) is 2.65. The highest BCUT2D eigenvalue weighted by molar-refractivity contribution is 9.10. The van der Waals surface area contributed by atoms with Gasteiger partial charge in [0.2, 0.25) is 0 Å². The number of benzene rings is 1. The summed E-state index contributed by atoms with van der Waals surface area (Å²) in [6.45, 7) is 3.61. The molecule has 0 aromatic heterocycles. The monoisotopic (exact) mass is 314 g/mol. The second kappa shape index (κ2) is 5.26. The van der Waals surface area contributed by atoms with Gasteiger partial charge in [0, 0.05) is 18.8 Å². The molecule has 0 atom stereocenters. The molecule has 0 saturated carbocycles. The van der Waals surface area contributed by atoms with E-state index in [-0.39, 0.29) is 15.9 Å². The number of nitrogens with zero attached hydrogens (tertiary/aromatic N) is 1. The fourth-order valence-corrected chi connectivity index (χ4v) is 2.49. The molecule has 0 radical (unpaired) electrons. The summed E-state index contributed by atoms with van der Waals surface area (Å²) >= 11 is 3.05. The van der Waals surface area contributed by atoms with Crippen LogP contribution in [0.1, 0.15) is 30.1 Å². The van der Waals surface area contributed by atoms with Gasteiger partial charge in [-0.1, -0.05) is 6.92 Å². The van der Waals surface area contributed by atoms with Crippen LogP contribution in [0.5, 0.6) is 0 Å². The number of carbonyl (C=O) groups excluding carboxylic acids is 1. The molecule has 2 N–H and O–H groups in total. The number of carbonyl (C=O) groups is 1. The van der Waals surface area contributed by atoms with Gasteiger partial charge in [0.25, 0.3) is 5.91 Å². The summed E-state index contributed by atoms with van der Waals surface area (Å²) in [6.07, 6.45) is 1.98. The number of hydrogen-bond donors (Lipinski definition) is 1. The summed E-state index contributed by atoms with van der Waals surface area (Å²) in [4.78, 5) is 14.0. The van der Waals surface area contributed by atoms with E-state index in [0.29, 0.717) is 11.6 Å². The Bertz CT molecular complexity index is 470. The lowest BCUT2D eigenvalue weighted by atomic mass is 9.98.